The lowest BCUT2D eigenvalue weighted by Gasteiger charge is -2.16. The molecule has 0 spiro atoms. The van der Waals surface area contributed by atoms with E-state index in [0.29, 0.717) is 23.7 Å². The van der Waals surface area contributed by atoms with Crippen LogP contribution in [-0.4, -0.2) is 9.13 Å². The molecule has 2 heteroatoms. The zero-order valence-electron chi connectivity index (χ0n) is 38.8. The van der Waals surface area contributed by atoms with Gasteiger partial charge in [0, 0.05) is 32.9 Å². The SMILES string of the molecule is CCCCC(CC)c1ccc2c(c1)c1cc(C(CC)CCCC)ccc1n2-c1cccc(-n2c3ccc(C(CC)CCCC)cc3c3cc(C(CC)CCCC)ccc32)c1. The third kappa shape index (κ3) is 8.87. The van der Waals surface area contributed by atoms with Crippen LogP contribution in [0.3, 0.4) is 0 Å². The summed E-state index contributed by atoms with van der Waals surface area (Å²) in [6, 6.07) is 39.2. The van der Waals surface area contributed by atoms with Gasteiger partial charge in [-0.3, -0.25) is 0 Å². The van der Waals surface area contributed by atoms with E-state index < -0.39 is 0 Å². The summed E-state index contributed by atoms with van der Waals surface area (Å²) < 4.78 is 5.12. The quantitative estimate of drug-likeness (QED) is 0.0646. The predicted molar refractivity (Wildman–Crippen MR) is 265 cm³/mol. The molecule has 318 valence electrons. The lowest BCUT2D eigenvalue weighted by atomic mass is 9.89. The molecule has 0 bridgehead atoms. The molecule has 5 aromatic carbocycles. The van der Waals surface area contributed by atoms with Crippen molar-refractivity contribution in [1.29, 1.82) is 0 Å². The fourth-order valence-corrected chi connectivity index (χ4v) is 10.7. The van der Waals surface area contributed by atoms with Crippen LogP contribution in [0.5, 0.6) is 0 Å². The molecule has 0 aliphatic heterocycles. The fraction of sp³-hybridized carbons (Fsp3) is 0.483. The summed E-state index contributed by atoms with van der Waals surface area (Å²) in [4.78, 5) is 0. The molecule has 0 saturated heterocycles. The molecule has 7 rings (SSSR count). The van der Waals surface area contributed by atoms with E-state index in [-0.39, 0.29) is 0 Å². The van der Waals surface area contributed by atoms with Gasteiger partial charge in [-0.2, -0.15) is 0 Å². The number of fused-ring (bicyclic) bond motifs is 6. The van der Waals surface area contributed by atoms with Gasteiger partial charge in [0.25, 0.3) is 0 Å². The van der Waals surface area contributed by atoms with Crippen molar-refractivity contribution in [3.63, 3.8) is 0 Å². The molecule has 7 aromatic rings. The molecule has 4 atom stereocenters. The van der Waals surface area contributed by atoms with Crippen molar-refractivity contribution in [2.24, 2.45) is 0 Å². The molecule has 0 aliphatic carbocycles. The fourth-order valence-electron chi connectivity index (χ4n) is 10.7. The standard InChI is InChI=1S/C58H76N2/c1-9-17-22-41(13-5)45-28-32-55-51(36-45)52-37-46(42(14-6)23-18-10-2)29-33-56(52)59(55)49-26-21-27-50(40-49)60-57-34-30-47(43(15-7)24-19-11-3)38-53(57)54-39-48(31-35-58(54)60)44(16-8)25-20-12-4/h21,26-44H,9-20,22-25H2,1-8H3. The Morgan fingerprint density at radius 1 is 0.333 bits per heavy atom. The largest absolute Gasteiger partial charge is 0.309 e. The average Bonchev–Trinajstić information content (AvgIpc) is 3.79. The van der Waals surface area contributed by atoms with Crippen LogP contribution in [-0.2, 0) is 0 Å². The summed E-state index contributed by atoms with van der Waals surface area (Å²) in [6.45, 7) is 18.8. The highest BCUT2D eigenvalue weighted by molar-refractivity contribution is 6.11. The van der Waals surface area contributed by atoms with Gasteiger partial charge in [0.05, 0.1) is 22.1 Å². The monoisotopic (exact) mass is 801 g/mol. The highest BCUT2D eigenvalue weighted by Crippen LogP contribution is 2.41. The summed E-state index contributed by atoms with van der Waals surface area (Å²) in [5.41, 5.74) is 13.7. The lowest BCUT2D eigenvalue weighted by Crippen LogP contribution is -2.01. The maximum absolute atomic E-state index is 2.56. The highest BCUT2D eigenvalue weighted by Gasteiger charge is 2.21. The summed E-state index contributed by atoms with van der Waals surface area (Å²) in [6.07, 6.45) is 19.9. The smallest absolute Gasteiger partial charge is 0.0541 e. The van der Waals surface area contributed by atoms with Gasteiger partial charge in [0.1, 0.15) is 0 Å². The summed E-state index contributed by atoms with van der Waals surface area (Å²) in [5, 5.41) is 5.59. The van der Waals surface area contributed by atoms with Crippen LogP contribution < -0.4 is 0 Å². The minimum absolute atomic E-state index is 0.599. The van der Waals surface area contributed by atoms with Crippen LogP contribution >= 0.6 is 0 Å². The number of hydrogen-bond acceptors (Lipinski definition) is 0. The molecule has 2 aromatic heterocycles. The van der Waals surface area contributed by atoms with Crippen LogP contribution in [0.4, 0.5) is 0 Å². The number of benzene rings is 5. The number of nitrogens with zero attached hydrogens (tertiary/aromatic N) is 2. The van der Waals surface area contributed by atoms with Crippen molar-refractivity contribution >= 4 is 43.6 Å². The lowest BCUT2D eigenvalue weighted by molar-refractivity contribution is 0.570. The van der Waals surface area contributed by atoms with Gasteiger partial charge < -0.3 is 9.13 Å². The van der Waals surface area contributed by atoms with E-state index >= 15 is 0 Å². The second kappa shape index (κ2) is 20.5. The first-order chi connectivity index (χ1) is 29.4. The first kappa shape index (κ1) is 43.8. The second-order valence-corrected chi connectivity index (χ2v) is 18.3. The van der Waals surface area contributed by atoms with Gasteiger partial charge in [-0.1, -0.05) is 137 Å². The first-order valence-electron chi connectivity index (χ1n) is 24.7. The molecule has 0 radical (unpaired) electrons. The van der Waals surface area contributed by atoms with E-state index in [1.165, 1.54) is 180 Å². The summed E-state index contributed by atoms with van der Waals surface area (Å²) >= 11 is 0. The molecule has 2 nitrogen and oxygen atoms in total. The van der Waals surface area contributed by atoms with Crippen molar-refractivity contribution < 1.29 is 0 Å². The van der Waals surface area contributed by atoms with E-state index in [1.54, 1.807) is 0 Å². The molecule has 0 N–H and O–H groups in total. The van der Waals surface area contributed by atoms with E-state index in [1.807, 2.05) is 0 Å². The van der Waals surface area contributed by atoms with Crippen LogP contribution in [0.2, 0.25) is 0 Å². The van der Waals surface area contributed by atoms with Gasteiger partial charge >= 0.3 is 0 Å². The number of rotatable bonds is 22. The molecule has 0 amide bonds. The summed E-state index contributed by atoms with van der Waals surface area (Å²) in [5.74, 6) is 2.40. The third-order valence-corrected chi connectivity index (χ3v) is 14.5. The van der Waals surface area contributed by atoms with Crippen LogP contribution in [0, 0.1) is 0 Å². The Morgan fingerprint density at radius 2 is 0.600 bits per heavy atom. The summed E-state index contributed by atoms with van der Waals surface area (Å²) in [7, 11) is 0. The Bertz CT molecular complexity index is 2160. The minimum atomic E-state index is 0.599. The minimum Gasteiger partial charge on any atom is -0.309 e. The van der Waals surface area contributed by atoms with Gasteiger partial charge in [-0.15, -0.1) is 0 Å². The molecule has 0 fully saturated rings. The van der Waals surface area contributed by atoms with Gasteiger partial charge in [-0.25, -0.2) is 0 Å². The van der Waals surface area contributed by atoms with Crippen LogP contribution in [0.1, 0.15) is 204 Å². The molecule has 60 heavy (non-hydrogen) atoms. The number of unbranched alkanes of at least 4 members (excludes halogenated alkanes) is 4. The zero-order valence-corrected chi connectivity index (χ0v) is 38.8. The van der Waals surface area contributed by atoms with Crippen molar-refractivity contribution in [3.8, 4) is 11.4 Å². The van der Waals surface area contributed by atoms with E-state index in [4.69, 9.17) is 0 Å². The maximum Gasteiger partial charge on any atom is 0.0541 e. The van der Waals surface area contributed by atoms with Gasteiger partial charge in [0.2, 0.25) is 0 Å². The zero-order chi connectivity index (χ0) is 42.2. The molecule has 0 aliphatic rings. The normalized spacial score (nSPS) is 14.1. The molecular formula is C58H76N2. The van der Waals surface area contributed by atoms with Crippen molar-refractivity contribution in [2.75, 3.05) is 0 Å². The Morgan fingerprint density at radius 3 is 0.833 bits per heavy atom. The Balaban J connectivity index is 1.43. The van der Waals surface area contributed by atoms with Crippen LogP contribution in [0.15, 0.2) is 97.1 Å². The van der Waals surface area contributed by atoms with Gasteiger partial charge in [0.15, 0.2) is 0 Å². The molecule has 0 saturated carbocycles. The second-order valence-electron chi connectivity index (χ2n) is 18.3. The van der Waals surface area contributed by atoms with E-state index in [9.17, 15) is 0 Å². The third-order valence-electron chi connectivity index (χ3n) is 14.5. The Labute approximate surface area is 363 Å². The van der Waals surface area contributed by atoms with Crippen molar-refractivity contribution in [2.45, 2.75) is 182 Å². The Hall–Kier alpha value is -4.30. The Kier molecular flexibility index (Phi) is 15.0. The topological polar surface area (TPSA) is 9.86 Å². The molecular weight excluding hydrogens is 725 g/mol. The molecule has 2 heterocycles. The first-order valence-corrected chi connectivity index (χ1v) is 24.7. The van der Waals surface area contributed by atoms with Gasteiger partial charge in [-0.05, 0) is 164 Å². The van der Waals surface area contributed by atoms with Crippen LogP contribution in [0.25, 0.3) is 55.0 Å². The van der Waals surface area contributed by atoms with Crippen molar-refractivity contribution in [3.05, 3.63) is 119 Å². The number of hydrogen-bond donors (Lipinski definition) is 0. The maximum atomic E-state index is 2.56. The van der Waals surface area contributed by atoms with E-state index in [2.05, 4.69) is 162 Å². The predicted octanol–water partition coefficient (Wildman–Crippen LogP) is 18.6. The van der Waals surface area contributed by atoms with E-state index in [0.717, 1.165) is 0 Å². The van der Waals surface area contributed by atoms with Crippen molar-refractivity contribution in [1.82, 2.24) is 9.13 Å². The highest BCUT2D eigenvalue weighted by atomic mass is 15.0. The molecule has 4 unspecified atom stereocenters. The number of aromatic nitrogens is 2. The average molecular weight is 801 g/mol.